The first-order chi connectivity index (χ1) is 12.1. The van der Waals surface area contributed by atoms with Crippen molar-refractivity contribution in [3.63, 3.8) is 0 Å². The average Bonchev–Trinajstić information content (AvgIpc) is 3.10. The van der Waals surface area contributed by atoms with Crippen LogP contribution in [0.1, 0.15) is 10.4 Å². The molecule has 128 valence electrons. The van der Waals surface area contributed by atoms with Crippen LogP contribution in [0.4, 0.5) is 5.13 Å². The zero-order valence-electron chi connectivity index (χ0n) is 13.6. The number of halogens is 1. The molecule has 0 saturated carbocycles. The minimum absolute atomic E-state index is 0.243. The Morgan fingerprint density at radius 1 is 1.16 bits per heavy atom. The van der Waals surface area contributed by atoms with Gasteiger partial charge in [-0.25, -0.2) is 4.98 Å². The van der Waals surface area contributed by atoms with E-state index >= 15 is 0 Å². The normalized spacial score (nSPS) is 10.4. The fourth-order valence-corrected chi connectivity index (χ4v) is 3.20. The summed E-state index contributed by atoms with van der Waals surface area (Å²) in [7, 11) is 3.13. The van der Waals surface area contributed by atoms with Gasteiger partial charge in [0, 0.05) is 16.5 Å². The summed E-state index contributed by atoms with van der Waals surface area (Å²) in [5.74, 6) is 0.986. The molecule has 0 bridgehead atoms. The number of benzene rings is 2. The van der Waals surface area contributed by atoms with Crippen LogP contribution in [0.3, 0.4) is 0 Å². The molecule has 1 amide bonds. The molecule has 3 aromatic rings. The van der Waals surface area contributed by atoms with Crippen molar-refractivity contribution in [2.24, 2.45) is 0 Å². The molecule has 0 aliphatic heterocycles. The van der Waals surface area contributed by atoms with Gasteiger partial charge < -0.3 is 9.47 Å². The zero-order valence-corrected chi connectivity index (χ0v) is 15.1. The molecule has 0 aliphatic rings. The highest BCUT2D eigenvalue weighted by molar-refractivity contribution is 7.14. The molecule has 0 spiro atoms. The fourth-order valence-electron chi connectivity index (χ4n) is 2.22. The predicted molar refractivity (Wildman–Crippen MR) is 100 cm³/mol. The Hall–Kier alpha value is -2.57. The van der Waals surface area contributed by atoms with Gasteiger partial charge in [-0.15, -0.1) is 11.3 Å². The van der Waals surface area contributed by atoms with Crippen LogP contribution in [-0.2, 0) is 0 Å². The number of nitrogens with zero attached hydrogens (tertiary/aromatic N) is 1. The van der Waals surface area contributed by atoms with E-state index in [1.807, 2.05) is 11.4 Å². The van der Waals surface area contributed by atoms with Gasteiger partial charge in [0.1, 0.15) is 11.5 Å². The lowest BCUT2D eigenvalue weighted by Crippen LogP contribution is -2.11. The number of hydrogen-bond donors (Lipinski definition) is 1. The van der Waals surface area contributed by atoms with Gasteiger partial charge in [-0.05, 0) is 36.4 Å². The summed E-state index contributed by atoms with van der Waals surface area (Å²) in [5, 5.41) is 5.67. The number of ether oxygens (including phenoxy) is 2. The van der Waals surface area contributed by atoms with E-state index < -0.39 is 0 Å². The summed E-state index contributed by atoms with van der Waals surface area (Å²) in [6, 6.07) is 12.4. The number of thiazole rings is 1. The maximum Gasteiger partial charge on any atom is 0.257 e. The van der Waals surface area contributed by atoms with Crippen LogP contribution in [0.2, 0.25) is 5.02 Å². The van der Waals surface area contributed by atoms with E-state index in [1.165, 1.54) is 11.3 Å². The topological polar surface area (TPSA) is 60.5 Å². The van der Waals surface area contributed by atoms with E-state index in [9.17, 15) is 4.79 Å². The van der Waals surface area contributed by atoms with Gasteiger partial charge in [0.15, 0.2) is 5.13 Å². The number of methoxy groups -OCH3 is 2. The minimum Gasteiger partial charge on any atom is -0.497 e. The predicted octanol–water partition coefficient (Wildman–Crippen LogP) is 4.73. The number of amides is 1. The van der Waals surface area contributed by atoms with Crippen LogP contribution in [0.5, 0.6) is 11.5 Å². The van der Waals surface area contributed by atoms with Gasteiger partial charge in [-0.1, -0.05) is 17.7 Å². The number of anilines is 1. The largest absolute Gasteiger partial charge is 0.497 e. The third kappa shape index (κ3) is 3.92. The van der Waals surface area contributed by atoms with Crippen LogP contribution in [0.25, 0.3) is 11.3 Å². The molecule has 7 heteroatoms. The smallest absolute Gasteiger partial charge is 0.257 e. The van der Waals surface area contributed by atoms with Crippen molar-refractivity contribution in [3.8, 4) is 22.8 Å². The first-order valence-electron chi connectivity index (χ1n) is 7.35. The molecule has 3 rings (SSSR count). The summed E-state index contributed by atoms with van der Waals surface area (Å²) >= 11 is 7.49. The van der Waals surface area contributed by atoms with Gasteiger partial charge in [0.05, 0.1) is 24.9 Å². The highest BCUT2D eigenvalue weighted by atomic mass is 35.5. The fraction of sp³-hybridized carbons (Fsp3) is 0.111. The van der Waals surface area contributed by atoms with Crippen LogP contribution < -0.4 is 14.8 Å². The van der Waals surface area contributed by atoms with Crippen LogP contribution in [0.15, 0.2) is 47.8 Å². The first kappa shape index (κ1) is 17.3. The summed E-state index contributed by atoms with van der Waals surface area (Å²) < 4.78 is 10.3. The summed E-state index contributed by atoms with van der Waals surface area (Å²) in [6.45, 7) is 0. The second-order valence-corrected chi connectivity index (χ2v) is 6.34. The van der Waals surface area contributed by atoms with E-state index in [-0.39, 0.29) is 5.91 Å². The van der Waals surface area contributed by atoms with Gasteiger partial charge in [0.2, 0.25) is 0 Å². The van der Waals surface area contributed by atoms with E-state index in [0.29, 0.717) is 27.2 Å². The molecule has 0 fully saturated rings. The molecule has 0 radical (unpaired) electrons. The Balaban J connectivity index is 1.77. The lowest BCUT2D eigenvalue weighted by molar-refractivity contribution is 0.102. The second kappa shape index (κ2) is 7.55. The highest BCUT2D eigenvalue weighted by Crippen LogP contribution is 2.31. The Labute approximate surface area is 154 Å². The maximum absolute atomic E-state index is 12.3. The van der Waals surface area contributed by atoms with Crippen molar-refractivity contribution in [2.75, 3.05) is 19.5 Å². The van der Waals surface area contributed by atoms with Gasteiger partial charge in [0.25, 0.3) is 5.91 Å². The molecule has 5 nitrogen and oxygen atoms in total. The molecule has 0 atom stereocenters. The quantitative estimate of drug-likeness (QED) is 0.701. The summed E-state index contributed by atoms with van der Waals surface area (Å²) in [5.41, 5.74) is 2.09. The molecule has 0 unspecified atom stereocenters. The SMILES string of the molecule is COc1cccc(C(=O)Nc2nc(-c3ccc(OC)c(Cl)c3)cs2)c1. The lowest BCUT2D eigenvalue weighted by Gasteiger charge is -2.05. The molecule has 1 heterocycles. The number of nitrogens with one attached hydrogen (secondary N) is 1. The van der Waals surface area contributed by atoms with Gasteiger partial charge in [-0.2, -0.15) is 0 Å². The second-order valence-electron chi connectivity index (χ2n) is 5.07. The van der Waals surface area contributed by atoms with E-state index in [2.05, 4.69) is 10.3 Å². The summed E-state index contributed by atoms with van der Waals surface area (Å²) in [6.07, 6.45) is 0. The molecular weight excluding hydrogens is 360 g/mol. The number of rotatable bonds is 5. The van der Waals surface area contributed by atoms with Crippen molar-refractivity contribution in [3.05, 3.63) is 58.4 Å². The maximum atomic E-state index is 12.3. The van der Waals surface area contributed by atoms with Crippen LogP contribution in [-0.4, -0.2) is 25.1 Å². The van der Waals surface area contributed by atoms with E-state index in [1.54, 1.807) is 50.6 Å². The number of carbonyl (C=O) groups is 1. The Bertz CT molecular complexity index is 911. The Morgan fingerprint density at radius 3 is 2.72 bits per heavy atom. The minimum atomic E-state index is -0.243. The Kier molecular flexibility index (Phi) is 5.21. The standard InChI is InChI=1S/C18H15ClN2O3S/c1-23-13-5-3-4-12(8-13)17(22)21-18-20-15(10-25-18)11-6-7-16(24-2)14(19)9-11/h3-10H,1-2H3,(H,20,21,22). The zero-order chi connectivity index (χ0) is 17.8. The third-order valence-electron chi connectivity index (χ3n) is 3.50. The van der Waals surface area contributed by atoms with Crippen molar-refractivity contribution in [1.82, 2.24) is 4.98 Å². The first-order valence-corrected chi connectivity index (χ1v) is 8.61. The average molecular weight is 375 g/mol. The van der Waals surface area contributed by atoms with E-state index in [4.69, 9.17) is 21.1 Å². The molecule has 1 N–H and O–H groups in total. The molecule has 2 aromatic carbocycles. The van der Waals surface area contributed by atoms with E-state index in [0.717, 1.165) is 11.3 Å². The lowest BCUT2D eigenvalue weighted by atomic mass is 10.2. The molecule has 25 heavy (non-hydrogen) atoms. The Morgan fingerprint density at radius 2 is 2.00 bits per heavy atom. The summed E-state index contributed by atoms with van der Waals surface area (Å²) in [4.78, 5) is 16.8. The number of hydrogen-bond acceptors (Lipinski definition) is 5. The van der Waals surface area contributed by atoms with Crippen molar-refractivity contribution in [2.45, 2.75) is 0 Å². The van der Waals surface area contributed by atoms with Crippen LogP contribution in [0, 0.1) is 0 Å². The molecular formula is C18H15ClN2O3S. The van der Waals surface area contributed by atoms with Crippen LogP contribution >= 0.6 is 22.9 Å². The molecule has 1 aromatic heterocycles. The monoisotopic (exact) mass is 374 g/mol. The third-order valence-corrected chi connectivity index (χ3v) is 4.56. The highest BCUT2D eigenvalue weighted by Gasteiger charge is 2.12. The van der Waals surface area contributed by atoms with Gasteiger partial charge in [-0.3, -0.25) is 10.1 Å². The van der Waals surface area contributed by atoms with Crippen molar-refractivity contribution in [1.29, 1.82) is 0 Å². The molecule has 0 aliphatic carbocycles. The molecule has 0 saturated heterocycles. The van der Waals surface area contributed by atoms with Crippen molar-refractivity contribution >= 4 is 34.0 Å². The number of carbonyl (C=O) groups excluding carboxylic acids is 1. The number of aromatic nitrogens is 1. The van der Waals surface area contributed by atoms with Crippen molar-refractivity contribution < 1.29 is 14.3 Å². The van der Waals surface area contributed by atoms with Gasteiger partial charge >= 0.3 is 0 Å².